The molecule has 0 spiro atoms. The van der Waals surface area contributed by atoms with E-state index >= 15 is 0 Å². The Morgan fingerprint density at radius 1 is 0.941 bits per heavy atom. The smallest absolute Gasteiger partial charge is 0.419 e. The third-order valence-corrected chi connectivity index (χ3v) is 7.08. The van der Waals surface area contributed by atoms with E-state index in [1.54, 1.807) is 43.6 Å². The predicted octanol–water partition coefficient (Wildman–Crippen LogP) is 4.95. The van der Waals surface area contributed by atoms with Gasteiger partial charge in [-0.1, -0.05) is 60.7 Å². The molecule has 34 heavy (non-hydrogen) atoms. The largest absolute Gasteiger partial charge is 0.443 e. The highest BCUT2D eigenvalue weighted by Gasteiger charge is 2.36. The number of nitrogens with two attached hydrogens (primary N) is 1. The minimum Gasteiger partial charge on any atom is -0.443 e. The van der Waals surface area contributed by atoms with Crippen molar-refractivity contribution >= 4 is 63.7 Å². The normalized spacial score (nSPS) is 13.9. The van der Waals surface area contributed by atoms with E-state index in [9.17, 15) is 14.4 Å². The minimum absolute atomic E-state index is 0.164. The average Bonchev–Trinajstić information content (AvgIpc) is 2.80. The van der Waals surface area contributed by atoms with Gasteiger partial charge in [0.2, 0.25) is 6.23 Å². The van der Waals surface area contributed by atoms with E-state index in [4.69, 9.17) is 15.2 Å². The van der Waals surface area contributed by atoms with Crippen LogP contribution in [-0.4, -0.2) is 42.1 Å². The molecule has 8 nitrogen and oxygen atoms in total. The van der Waals surface area contributed by atoms with Crippen LogP contribution in [0.3, 0.4) is 0 Å². The Hall–Kier alpha value is -1.93. The van der Waals surface area contributed by atoms with Gasteiger partial charge in [-0.3, -0.25) is 13.6 Å². The monoisotopic (exact) mass is 693 g/mol. The zero-order valence-electron chi connectivity index (χ0n) is 19.5. The Morgan fingerprint density at radius 3 is 2.00 bits per heavy atom. The van der Waals surface area contributed by atoms with Gasteiger partial charge in [-0.25, -0.2) is 12.7 Å². The van der Waals surface area contributed by atoms with Gasteiger partial charge in [0.1, 0.15) is 11.6 Å². The predicted molar refractivity (Wildman–Crippen MR) is 146 cm³/mol. The van der Waals surface area contributed by atoms with Crippen molar-refractivity contribution in [2.45, 2.75) is 58.0 Å². The molecule has 0 aliphatic heterocycles. The Labute approximate surface area is 228 Å². The lowest BCUT2D eigenvalue weighted by atomic mass is 10.1. The molecule has 0 radical (unpaired) electrons. The lowest BCUT2D eigenvalue weighted by Crippen LogP contribution is -2.48. The van der Waals surface area contributed by atoms with E-state index in [0.717, 1.165) is 14.2 Å². The molecule has 0 fully saturated rings. The van der Waals surface area contributed by atoms with Crippen LogP contribution in [0.4, 0.5) is 4.79 Å². The highest BCUT2D eigenvalue weighted by Crippen LogP contribution is 2.25. The van der Waals surface area contributed by atoms with E-state index in [1.807, 2.05) is 90.5 Å². The topological polar surface area (TPSA) is 102 Å². The number of esters is 1. The van der Waals surface area contributed by atoms with Crippen LogP contribution >= 0.6 is 45.7 Å². The van der Waals surface area contributed by atoms with E-state index in [2.05, 4.69) is 0 Å². The van der Waals surface area contributed by atoms with E-state index in [-0.39, 0.29) is 12.5 Å². The van der Waals surface area contributed by atoms with Crippen molar-refractivity contribution in [2.75, 3.05) is 0 Å². The molecule has 3 atom stereocenters. The number of amides is 2. The molecule has 0 saturated carbocycles. The number of halogens is 2. The molecule has 0 heterocycles. The van der Waals surface area contributed by atoms with Crippen LogP contribution in [0, 0.1) is 0 Å². The number of hydrogen-bond donors (Lipinski definition) is 1. The van der Waals surface area contributed by atoms with Crippen molar-refractivity contribution in [1.82, 2.24) is 6.23 Å². The standard InChI is InChI=1S/C24H29I2N3O5/c1-16(18-13-9-6-10-14-18)28(25)21(30)20(27)33-22(31)19(15-17-11-7-5-8-12-17)29(26)23(32)34-24(2,3)4/h5-14,16,19-20H,15,27H2,1-4H3/t16?,19?,20-/m1/s1. The zero-order chi connectivity index (χ0) is 25.5. The maximum atomic E-state index is 13.1. The van der Waals surface area contributed by atoms with Crippen LogP contribution < -0.4 is 5.73 Å². The van der Waals surface area contributed by atoms with Gasteiger partial charge in [0.25, 0.3) is 5.91 Å². The lowest BCUT2D eigenvalue weighted by Gasteiger charge is -2.29. The first kappa shape index (κ1) is 28.3. The maximum Gasteiger partial charge on any atom is 0.419 e. The summed E-state index contributed by atoms with van der Waals surface area (Å²) >= 11 is 3.59. The summed E-state index contributed by atoms with van der Waals surface area (Å²) < 4.78 is 13.3. The summed E-state index contributed by atoms with van der Waals surface area (Å²) in [5, 5.41) is 0. The fourth-order valence-electron chi connectivity index (χ4n) is 2.96. The number of rotatable bonds is 8. The van der Waals surface area contributed by atoms with Gasteiger partial charge in [-0.2, -0.15) is 0 Å². The van der Waals surface area contributed by atoms with Crippen LogP contribution in [0.2, 0.25) is 0 Å². The van der Waals surface area contributed by atoms with Crippen molar-refractivity contribution in [3.63, 3.8) is 0 Å². The summed E-state index contributed by atoms with van der Waals surface area (Å²) in [6.07, 6.45) is -2.06. The van der Waals surface area contributed by atoms with E-state index in [1.165, 1.54) is 3.11 Å². The lowest BCUT2D eigenvalue weighted by molar-refractivity contribution is -0.160. The van der Waals surface area contributed by atoms with Gasteiger partial charge in [0.15, 0.2) is 0 Å². The second kappa shape index (κ2) is 12.7. The number of carbonyl (C=O) groups is 3. The second-order valence-corrected chi connectivity index (χ2v) is 10.7. The summed E-state index contributed by atoms with van der Waals surface area (Å²) in [6.45, 7) is 7.05. The molecule has 2 aromatic carbocycles. The summed E-state index contributed by atoms with van der Waals surface area (Å²) in [5.74, 6) is -1.37. The summed E-state index contributed by atoms with van der Waals surface area (Å²) in [5.41, 5.74) is 6.94. The summed E-state index contributed by atoms with van der Waals surface area (Å²) in [6, 6.07) is 17.3. The molecular weight excluding hydrogens is 664 g/mol. The average molecular weight is 693 g/mol. The van der Waals surface area contributed by atoms with Gasteiger partial charge in [0, 0.05) is 6.42 Å². The highest BCUT2D eigenvalue weighted by atomic mass is 127. The molecular formula is C24H29I2N3O5. The van der Waals surface area contributed by atoms with Crippen molar-refractivity contribution in [3.8, 4) is 0 Å². The molecule has 2 rings (SSSR count). The molecule has 0 aromatic heterocycles. The molecule has 10 heteroatoms. The number of hydrogen-bond acceptors (Lipinski definition) is 6. The molecule has 0 aliphatic rings. The van der Waals surface area contributed by atoms with Crippen molar-refractivity contribution in [2.24, 2.45) is 5.73 Å². The third kappa shape index (κ3) is 8.38. The van der Waals surface area contributed by atoms with Crippen LogP contribution in [-0.2, 0) is 25.5 Å². The zero-order valence-corrected chi connectivity index (χ0v) is 23.8. The number of ether oxygens (including phenoxy) is 2. The van der Waals surface area contributed by atoms with Gasteiger partial charge >= 0.3 is 12.1 Å². The molecule has 2 N–H and O–H groups in total. The fraction of sp³-hybridized carbons (Fsp3) is 0.375. The summed E-state index contributed by atoms with van der Waals surface area (Å²) in [7, 11) is 0. The molecule has 0 saturated heterocycles. The van der Waals surface area contributed by atoms with Crippen LogP contribution in [0.1, 0.15) is 44.9 Å². The fourth-order valence-corrected chi connectivity index (χ4v) is 4.07. The van der Waals surface area contributed by atoms with Crippen LogP contribution in [0.15, 0.2) is 60.7 Å². The minimum atomic E-state index is -1.53. The quantitative estimate of drug-likeness (QED) is 0.182. The molecule has 0 aliphatic carbocycles. The Bertz CT molecular complexity index is 970. The van der Waals surface area contributed by atoms with Crippen LogP contribution in [0.5, 0.6) is 0 Å². The van der Waals surface area contributed by atoms with Gasteiger partial charge in [0.05, 0.1) is 51.8 Å². The van der Waals surface area contributed by atoms with Crippen molar-refractivity contribution in [3.05, 3.63) is 71.8 Å². The molecule has 0 bridgehead atoms. The number of benzene rings is 2. The maximum absolute atomic E-state index is 13.1. The molecule has 2 amide bonds. The third-order valence-electron chi connectivity index (χ3n) is 4.70. The number of carbonyl (C=O) groups excluding carboxylic acids is 3. The SMILES string of the molecule is CC(c1ccccc1)N(I)C(=O)[C@H](N)OC(=O)C(Cc1ccccc1)N(I)C(=O)OC(C)(C)C. The van der Waals surface area contributed by atoms with Crippen LogP contribution in [0.25, 0.3) is 0 Å². The molecule has 184 valence electrons. The van der Waals surface area contributed by atoms with Gasteiger partial charge in [-0.15, -0.1) is 0 Å². The summed E-state index contributed by atoms with van der Waals surface area (Å²) in [4.78, 5) is 38.6. The van der Waals surface area contributed by atoms with Gasteiger partial charge < -0.3 is 9.47 Å². The van der Waals surface area contributed by atoms with Crippen molar-refractivity contribution < 1.29 is 23.9 Å². The molecule has 2 aromatic rings. The van der Waals surface area contributed by atoms with Gasteiger partial charge in [-0.05, 0) is 38.8 Å². The van der Waals surface area contributed by atoms with Crippen molar-refractivity contribution in [1.29, 1.82) is 0 Å². The second-order valence-electron chi connectivity index (χ2n) is 8.59. The highest BCUT2D eigenvalue weighted by molar-refractivity contribution is 14.1. The van der Waals surface area contributed by atoms with E-state index < -0.39 is 35.8 Å². The number of nitrogens with zero attached hydrogens (tertiary/aromatic N) is 2. The molecule has 2 unspecified atom stereocenters. The first-order chi connectivity index (χ1) is 15.9. The Balaban J connectivity index is 2.16. The Morgan fingerprint density at radius 2 is 1.47 bits per heavy atom. The first-order valence-corrected chi connectivity index (χ1v) is 12.6. The first-order valence-electron chi connectivity index (χ1n) is 10.6. The van der Waals surface area contributed by atoms with E-state index in [0.29, 0.717) is 0 Å². The Kier molecular flexibility index (Phi) is 10.6.